The molecule has 0 N–H and O–H groups in total. The summed E-state index contributed by atoms with van der Waals surface area (Å²) < 4.78 is 141. The van der Waals surface area contributed by atoms with Gasteiger partial charge in [0.15, 0.2) is 5.69 Å². The Kier molecular flexibility index (Phi) is 5.45. The van der Waals surface area contributed by atoms with Crippen LogP contribution in [0.1, 0.15) is 0 Å². The first-order valence-electron chi connectivity index (χ1n) is 5.72. The van der Waals surface area contributed by atoms with E-state index < -0.39 is 49.3 Å². The molecule has 0 heterocycles. The van der Waals surface area contributed by atoms with Crippen LogP contribution < -0.4 is 0 Å². The summed E-state index contributed by atoms with van der Waals surface area (Å²) in [5.41, 5.74) is -13.5. The molecule has 1 aromatic carbocycles. The van der Waals surface area contributed by atoms with Gasteiger partial charge in [0.25, 0.3) is 23.6 Å². The van der Waals surface area contributed by atoms with Crippen molar-refractivity contribution < 1.29 is 51.6 Å². The third kappa shape index (κ3) is 3.64. The molecule has 0 saturated carbocycles. The van der Waals surface area contributed by atoms with Crippen LogP contribution in [0.3, 0.4) is 0 Å². The second-order valence-corrected chi connectivity index (χ2v) is 11.4. The van der Waals surface area contributed by atoms with Crippen molar-refractivity contribution in [3.05, 3.63) is 35.7 Å². The molecule has 16 heteroatoms. The van der Waals surface area contributed by atoms with Crippen molar-refractivity contribution in [1.29, 1.82) is 0 Å². The van der Waals surface area contributed by atoms with Crippen LogP contribution in [0.5, 0.6) is 0 Å². The number of halogens is 6. The lowest BCUT2D eigenvalue weighted by Crippen LogP contribution is -2.49. The highest BCUT2D eigenvalue weighted by Gasteiger charge is 2.68. The van der Waals surface area contributed by atoms with Gasteiger partial charge in [0, 0.05) is 0 Å². The molecule has 0 atom stereocenters. The number of hydrogen-bond donors (Lipinski definition) is 0. The molecular weight excluding hydrogens is 440 g/mol. The second kappa shape index (κ2) is 6.39. The zero-order chi connectivity index (χ0) is 20.8. The Balaban J connectivity index is 3.90. The summed E-state index contributed by atoms with van der Waals surface area (Å²) in [6, 6.07) is 1.90. The standard InChI is InChI=1S/C10H5F6NO6S3/c1-17-6-2-4-7(5-3-6)24(18,19)8(25(20,21)9(11,12)13)26(22,23)10(14,15)16/h2-5,8H. The lowest BCUT2D eigenvalue weighted by atomic mass is 10.3. The minimum absolute atomic E-state index is 0.294. The number of alkyl halides is 6. The Bertz CT molecular complexity index is 1000. The first kappa shape index (κ1) is 22.2. The zero-order valence-electron chi connectivity index (χ0n) is 11.8. The van der Waals surface area contributed by atoms with E-state index in [2.05, 4.69) is 4.85 Å². The summed E-state index contributed by atoms with van der Waals surface area (Å²) in [7, 11) is -20.9. The third-order valence-corrected chi connectivity index (χ3v) is 11.0. The van der Waals surface area contributed by atoms with Crippen molar-refractivity contribution in [2.24, 2.45) is 0 Å². The second-order valence-electron chi connectivity index (χ2n) is 4.42. The average Bonchev–Trinajstić information content (AvgIpc) is 2.44. The van der Waals surface area contributed by atoms with Crippen LogP contribution in [-0.2, 0) is 29.5 Å². The number of sulfone groups is 3. The fourth-order valence-electron chi connectivity index (χ4n) is 1.54. The predicted octanol–water partition coefficient (Wildman–Crippen LogP) is 2.16. The molecule has 7 nitrogen and oxygen atoms in total. The molecule has 0 amide bonds. The van der Waals surface area contributed by atoms with Crippen molar-refractivity contribution >= 4 is 35.2 Å². The highest BCUT2D eigenvalue weighted by atomic mass is 32.3. The van der Waals surface area contributed by atoms with Gasteiger partial charge >= 0.3 is 11.0 Å². The van der Waals surface area contributed by atoms with Gasteiger partial charge in [-0.1, -0.05) is 24.3 Å². The van der Waals surface area contributed by atoms with Crippen molar-refractivity contribution in [2.45, 2.75) is 19.8 Å². The lowest BCUT2D eigenvalue weighted by molar-refractivity contribution is -0.0462. The van der Waals surface area contributed by atoms with Crippen molar-refractivity contribution in [1.82, 2.24) is 0 Å². The molecule has 0 aliphatic heterocycles. The van der Waals surface area contributed by atoms with Gasteiger partial charge in [0.2, 0.25) is 9.84 Å². The van der Waals surface area contributed by atoms with Crippen LogP contribution in [-0.4, -0.2) is 40.2 Å². The fourth-order valence-corrected chi connectivity index (χ4v) is 8.69. The van der Waals surface area contributed by atoms with Crippen LogP contribution in [0.15, 0.2) is 29.2 Å². The minimum atomic E-state index is -7.36. The van der Waals surface area contributed by atoms with E-state index in [1.807, 2.05) is 0 Å². The van der Waals surface area contributed by atoms with Crippen LogP contribution in [0.2, 0.25) is 0 Å². The molecule has 0 unspecified atom stereocenters. The van der Waals surface area contributed by atoms with Gasteiger partial charge in [0.05, 0.1) is 11.5 Å². The molecular formula is C10H5F6NO6S3. The maximum absolute atomic E-state index is 12.6. The smallest absolute Gasteiger partial charge is 0.238 e. The molecule has 26 heavy (non-hydrogen) atoms. The SMILES string of the molecule is [C-]#[N+]c1ccc(S(=O)(=O)C(S(=O)(=O)C(F)(F)F)S(=O)(=O)C(F)(F)F)cc1. The predicted molar refractivity (Wildman–Crippen MR) is 73.6 cm³/mol. The Morgan fingerprint density at radius 1 is 0.769 bits per heavy atom. The number of benzene rings is 1. The Morgan fingerprint density at radius 2 is 1.12 bits per heavy atom. The van der Waals surface area contributed by atoms with Crippen molar-refractivity contribution in [3.8, 4) is 0 Å². The summed E-state index contributed by atoms with van der Waals surface area (Å²) in [6.07, 6.45) is 0. The lowest BCUT2D eigenvalue weighted by Gasteiger charge is -2.21. The van der Waals surface area contributed by atoms with E-state index in [9.17, 15) is 51.6 Å². The van der Waals surface area contributed by atoms with Crippen LogP contribution >= 0.6 is 0 Å². The van der Waals surface area contributed by atoms with E-state index in [4.69, 9.17) is 6.57 Å². The molecule has 0 aromatic heterocycles. The van der Waals surface area contributed by atoms with Gasteiger partial charge in [-0.3, -0.25) is 0 Å². The third-order valence-electron chi connectivity index (χ3n) is 2.70. The normalized spacial score (nSPS) is 14.2. The monoisotopic (exact) mass is 445 g/mol. The minimum Gasteiger partial charge on any atom is -0.238 e. The first-order chi connectivity index (χ1) is 11.4. The molecule has 0 spiro atoms. The van der Waals surface area contributed by atoms with Crippen LogP contribution in [0.4, 0.5) is 32.0 Å². The van der Waals surface area contributed by atoms with Gasteiger partial charge in [-0.2, -0.15) is 26.3 Å². The van der Waals surface area contributed by atoms with E-state index in [0.717, 1.165) is 0 Å². The maximum atomic E-state index is 12.6. The first-order valence-corrected chi connectivity index (χ1v) is 10.4. The van der Waals surface area contributed by atoms with Crippen molar-refractivity contribution in [3.63, 3.8) is 0 Å². The molecule has 146 valence electrons. The summed E-state index contributed by atoms with van der Waals surface area (Å²) in [5, 5.41) is 0. The molecule has 0 aliphatic rings. The molecule has 0 aliphatic carbocycles. The van der Waals surface area contributed by atoms with Gasteiger partial charge in [-0.15, -0.1) is 0 Å². The number of nitrogens with zero attached hydrogens (tertiary/aromatic N) is 1. The van der Waals surface area contributed by atoms with E-state index in [1.165, 1.54) is 0 Å². The quantitative estimate of drug-likeness (QED) is 0.520. The van der Waals surface area contributed by atoms with E-state index >= 15 is 0 Å². The van der Waals surface area contributed by atoms with E-state index in [0.29, 0.717) is 24.3 Å². The molecule has 0 fully saturated rings. The summed E-state index contributed by atoms with van der Waals surface area (Å²) in [5.74, 6) is 0. The van der Waals surface area contributed by atoms with Crippen LogP contribution in [0.25, 0.3) is 4.85 Å². The maximum Gasteiger partial charge on any atom is 0.499 e. The molecule has 1 aromatic rings. The summed E-state index contributed by atoms with van der Waals surface area (Å²) >= 11 is 0. The van der Waals surface area contributed by atoms with Crippen molar-refractivity contribution in [2.75, 3.05) is 0 Å². The summed E-state index contributed by atoms with van der Waals surface area (Å²) in [6.45, 7) is 6.60. The van der Waals surface area contributed by atoms with Gasteiger partial charge in [0.1, 0.15) is 0 Å². The number of rotatable bonds is 4. The topological polar surface area (TPSA) is 107 Å². The number of hydrogen-bond acceptors (Lipinski definition) is 6. The highest BCUT2D eigenvalue weighted by Crippen LogP contribution is 2.40. The van der Waals surface area contributed by atoms with E-state index in [1.54, 1.807) is 0 Å². The molecule has 1 rings (SSSR count). The van der Waals surface area contributed by atoms with E-state index in [-0.39, 0.29) is 5.69 Å². The Hall–Kier alpha value is -1.86. The highest BCUT2D eigenvalue weighted by molar-refractivity contribution is 8.24. The average molecular weight is 445 g/mol. The van der Waals surface area contributed by atoms with Gasteiger partial charge < -0.3 is 0 Å². The molecule has 0 bridgehead atoms. The zero-order valence-corrected chi connectivity index (χ0v) is 14.2. The van der Waals surface area contributed by atoms with Gasteiger partial charge in [-0.05, 0) is 0 Å². The largest absolute Gasteiger partial charge is 0.499 e. The van der Waals surface area contributed by atoms with Crippen LogP contribution in [0, 0.1) is 6.57 Å². The fraction of sp³-hybridized carbons (Fsp3) is 0.300. The Labute approximate surface area is 142 Å². The molecule has 0 radical (unpaired) electrons. The van der Waals surface area contributed by atoms with Gasteiger partial charge in [-0.25, -0.2) is 30.1 Å². The molecule has 0 saturated heterocycles. The summed E-state index contributed by atoms with van der Waals surface area (Å²) in [4.78, 5) is 1.31. The Morgan fingerprint density at radius 3 is 1.38 bits per heavy atom.